The molecule has 0 saturated heterocycles. The Morgan fingerprint density at radius 2 is 1.93 bits per heavy atom. The van der Waals surface area contributed by atoms with E-state index >= 15 is 0 Å². The van der Waals surface area contributed by atoms with Crippen molar-refractivity contribution in [2.24, 2.45) is 0 Å². The Bertz CT molecular complexity index is 1590. The fraction of sp³-hybridized carbons (Fsp3) is 0.267. The highest BCUT2D eigenvalue weighted by Gasteiger charge is 2.47. The van der Waals surface area contributed by atoms with Gasteiger partial charge in [0, 0.05) is 5.75 Å². The van der Waals surface area contributed by atoms with Crippen LogP contribution < -0.4 is 14.4 Å². The summed E-state index contributed by atoms with van der Waals surface area (Å²) in [6.45, 7) is 4.79. The van der Waals surface area contributed by atoms with Crippen LogP contribution in [0.5, 0.6) is 11.5 Å². The van der Waals surface area contributed by atoms with E-state index in [0.29, 0.717) is 40.4 Å². The molecule has 0 radical (unpaired) electrons. The quantitative estimate of drug-likeness (QED) is 0.0746. The number of aromatic nitrogens is 2. The van der Waals surface area contributed by atoms with Gasteiger partial charge in [-0.2, -0.15) is 0 Å². The monoisotopic (exact) mass is 609 g/mol. The minimum Gasteiger partial charge on any atom is -0.503 e. The van der Waals surface area contributed by atoms with Crippen molar-refractivity contribution in [1.82, 2.24) is 10.2 Å². The summed E-state index contributed by atoms with van der Waals surface area (Å²) in [4.78, 5) is 28.3. The molecule has 1 N–H and O–H groups in total. The number of hydrogen-bond acceptors (Lipinski definition) is 10. The minimum atomic E-state index is -1.04. The Hall–Kier alpha value is -4.16. The van der Waals surface area contributed by atoms with E-state index in [2.05, 4.69) is 17.1 Å². The number of anilines is 1. The van der Waals surface area contributed by atoms with Gasteiger partial charge in [0.05, 0.1) is 31.1 Å². The molecule has 5 rings (SSSR count). The van der Waals surface area contributed by atoms with E-state index in [-0.39, 0.29) is 22.3 Å². The fourth-order valence-corrected chi connectivity index (χ4v) is 6.21. The number of amides is 1. The van der Waals surface area contributed by atoms with E-state index < -0.39 is 23.5 Å². The molecule has 1 amide bonds. The molecule has 0 aliphatic carbocycles. The molecule has 1 aliphatic rings. The number of thioether (sulfide) groups is 1. The smallest absolute Gasteiger partial charge is 0.296 e. The highest BCUT2D eigenvalue weighted by Crippen LogP contribution is 2.45. The summed E-state index contributed by atoms with van der Waals surface area (Å²) in [6.07, 6.45) is 3.18. The van der Waals surface area contributed by atoms with Crippen LogP contribution >= 0.6 is 23.1 Å². The molecule has 218 valence electrons. The average molecular weight is 610 g/mol. The first-order chi connectivity index (χ1) is 20.4. The van der Waals surface area contributed by atoms with Gasteiger partial charge in [0.25, 0.3) is 5.91 Å². The minimum absolute atomic E-state index is 0.0199. The van der Waals surface area contributed by atoms with Gasteiger partial charge >= 0.3 is 0 Å². The number of hydrogen-bond donors (Lipinski definition) is 1. The Kier molecular flexibility index (Phi) is 9.23. The molecule has 0 bridgehead atoms. The van der Waals surface area contributed by atoms with Gasteiger partial charge in [-0.3, -0.25) is 14.5 Å². The number of rotatable bonds is 13. The van der Waals surface area contributed by atoms with Gasteiger partial charge in [0.15, 0.2) is 27.4 Å². The van der Waals surface area contributed by atoms with Crippen molar-refractivity contribution in [3.63, 3.8) is 0 Å². The molecular weight excluding hydrogens is 581 g/mol. The number of ketones is 1. The molecule has 0 fully saturated rings. The second-order valence-electron chi connectivity index (χ2n) is 9.25. The van der Waals surface area contributed by atoms with Crippen LogP contribution in [0.1, 0.15) is 54.4 Å². The zero-order valence-electron chi connectivity index (χ0n) is 22.9. The van der Waals surface area contributed by atoms with E-state index in [4.69, 9.17) is 13.9 Å². The third-order valence-corrected chi connectivity index (χ3v) is 8.54. The molecule has 9 nitrogen and oxygen atoms in total. The largest absolute Gasteiger partial charge is 0.503 e. The lowest BCUT2D eigenvalue weighted by Gasteiger charge is -2.24. The standard InChI is InChI=1S/C30H28FN3O6S2/c1-3-5-14-39-21-13-10-19(16-23(21)38-4-2)25-24(26(35)22-7-6-15-40-22)27(36)28(37)34(25)29-32-33-30(42-29)41-17-18-8-11-20(31)12-9-18/h6-13,15-16,25,36H,3-5,14,17H2,1-2H3. The zero-order chi connectivity index (χ0) is 29.6. The van der Waals surface area contributed by atoms with Crippen molar-refractivity contribution in [3.05, 3.63) is 94.9 Å². The summed E-state index contributed by atoms with van der Waals surface area (Å²) >= 11 is 2.52. The third-order valence-electron chi connectivity index (χ3n) is 6.41. The molecule has 12 heteroatoms. The molecule has 1 unspecified atom stereocenters. The number of aliphatic hydroxyl groups excluding tert-OH is 1. The molecule has 4 aromatic rings. The molecule has 1 aliphatic heterocycles. The summed E-state index contributed by atoms with van der Waals surface area (Å²) in [5, 5.41) is 19.7. The lowest BCUT2D eigenvalue weighted by Crippen LogP contribution is -2.31. The van der Waals surface area contributed by atoms with Crippen LogP contribution in [0, 0.1) is 5.82 Å². The zero-order valence-corrected chi connectivity index (χ0v) is 24.5. The molecule has 0 saturated carbocycles. The van der Waals surface area contributed by atoms with Gasteiger partial charge in [-0.15, -0.1) is 10.2 Å². The Morgan fingerprint density at radius 3 is 2.64 bits per heavy atom. The molecule has 1 atom stereocenters. The molecular formula is C30H28FN3O6S2. The fourth-order valence-electron chi connectivity index (χ4n) is 4.38. The Morgan fingerprint density at radius 1 is 1.12 bits per heavy atom. The summed E-state index contributed by atoms with van der Waals surface area (Å²) in [6, 6.07) is 13.3. The molecule has 3 heterocycles. The lowest BCUT2D eigenvalue weighted by molar-refractivity contribution is -0.117. The third kappa shape index (κ3) is 6.19. The number of halogens is 1. The van der Waals surface area contributed by atoms with E-state index in [9.17, 15) is 19.1 Å². The predicted octanol–water partition coefficient (Wildman–Crippen LogP) is 6.92. The van der Waals surface area contributed by atoms with Crippen LogP contribution in [-0.2, 0) is 10.5 Å². The Balaban J connectivity index is 1.51. The van der Waals surface area contributed by atoms with Gasteiger partial charge in [0.1, 0.15) is 5.82 Å². The van der Waals surface area contributed by atoms with Gasteiger partial charge < -0.3 is 19.0 Å². The topological polar surface area (TPSA) is 115 Å². The predicted molar refractivity (Wildman–Crippen MR) is 157 cm³/mol. The van der Waals surface area contributed by atoms with E-state index in [1.54, 1.807) is 36.4 Å². The normalized spacial score (nSPS) is 15.0. The number of unbranched alkanes of at least 4 members (excludes halogenated alkanes) is 1. The van der Waals surface area contributed by atoms with Gasteiger partial charge in [-0.05, 0) is 60.9 Å². The van der Waals surface area contributed by atoms with Crippen LogP contribution in [-0.4, -0.2) is 40.2 Å². The number of ether oxygens (including phenoxy) is 2. The van der Waals surface area contributed by atoms with Crippen LogP contribution in [0.25, 0.3) is 0 Å². The summed E-state index contributed by atoms with van der Waals surface area (Å²) < 4.78 is 30.9. The van der Waals surface area contributed by atoms with E-state index in [0.717, 1.165) is 29.7 Å². The molecule has 2 aromatic heterocycles. The average Bonchev–Trinajstić information content (AvgIpc) is 3.74. The van der Waals surface area contributed by atoms with E-state index in [1.807, 2.05) is 6.92 Å². The number of carbonyl (C=O) groups excluding carboxylic acids is 2. The highest BCUT2D eigenvalue weighted by molar-refractivity contribution is 8.00. The maximum Gasteiger partial charge on any atom is 0.296 e. The van der Waals surface area contributed by atoms with Crippen molar-refractivity contribution >= 4 is 39.9 Å². The number of carbonyl (C=O) groups is 2. The number of furan rings is 1. The van der Waals surface area contributed by atoms with Crippen molar-refractivity contribution in [3.8, 4) is 11.5 Å². The first kappa shape index (κ1) is 29.3. The first-order valence-corrected chi connectivity index (χ1v) is 15.2. The highest BCUT2D eigenvalue weighted by atomic mass is 32.2. The number of Topliss-reactive ketones (excluding diaryl/α,β-unsaturated/α-hetero) is 1. The van der Waals surface area contributed by atoms with Crippen molar-refractivity contribution in [2.75, 3.05) is 18.1 Å². The lowest BCUT2D eigenvalue weighted by atomic mass is 9.95. The summed E-state index contributed by atoms with van der Waals surface area (Å²) in [5.74, 6) is -0.963. The second-order valence-corrected chi connectivity index (χ2v) is 11.4. The molecule has 42 heavy (non-hydrogen) atoms. The number of benzene rings is 2. The van der Waals surface area contributed by atoms with Crippen molar-refractivity contribution in [1.29, 1.82) is 0 Å². The van der Waals surface area contributed by atoms with Crippen LogP contribution in [0.2, 0.25) is 0 Å². The van der Waals surface area contributed by atoms with Gasteiger partial charge in [-0.1, -0.05) is 54.6 Å². The van der Waals surface area contributed by atoms with Crippen LogP contribution in [0.4, 0.5) is 9.52 Å². The summed E-state index contributed by atoms with van der Waals surface area (Å²) in [7, 11) is 0. The summed E-state index contributed by atoms with van der Waals surface area (Å²) in [5.41, 5.74) is 1.25. The van der Waals surface area contributed by atoms with Crippen molar-refractivity contribution < 1.29 is 33.0 Å². The van der Waals surface area contributed by atoms with Crippen molar-refractivity contribution in [2.45, 2.75) is 42.8 Å². The second kappa shape index (κ2) is 13.2. The van der Waals surface area contributed by atoms with Gasteiger partial charge in [0.2, 0.25) is 10.9 Å². The first-order valence-electron chi connectivity index (χ1n) is 13.4. The van der Waals surface area contributed by atoms with E-state index in [1.165, 1.54) is 41.1 Å². The van der Waals surface area contributed by atoms with Crippen LogP contribution in [0.3, 0.4) is 0 Å². The SMILES string of the molecule is CCCCOc1ccc(C2C(C(=O)c3ccco3)=C(O)C(=O)N2c2nnc(SCc3ccc(F)cc3)s2)cc1OCC. The maximum atomic E-state index is 13.6. The van der Waals surface area contributed by atoms with Gasteiger partial charge in [-0.25, -0.2) is 4.39 Å². The van der Waals surface area contributed by atoms with Crippen LogP contribution in [0.15, 0.2) is 80.9 Å². The number of aliphatic hydroxyl groups is 1. The molecule has 2 aromatic carbocycles. The molecule has 0 spiro atoms. The Labute approximate surface area is 250 Å². The maximum absolute atomic E-state index is 13.6. The number of nitrogens with zero attached hydrogens (tertiary/aromatic N) is 3.